The summed E-state index contributed by atoms with van der Waals surface area (Å²) in [6.07, 6.45) is 0.243. The van der Waals surface area contributed by atoms with Crippen LogP contribution in [0.15, 0.2) is 23.6 Å². The Balaban J connectivity index is 1.84. The zero-order valence-corrected chi connectivity index (χ0v) is 16.0. The van der Waals surface area contributed by atoms with Gasteiger partial charge < -0.3 is 10.6 Å². The Kier molecular flexibility index (Phi) is 6.75. The lowest BCUT2D eigenvalue weighted by molar-refractivity contribution is -0.122. The van der Waals surface area contributed by atoms with Gasteiger partial charge in [-0.3, -0.25) is 14.3 Å². The highest BCUT2D eigenvalue weighted by Gasteiger charge is 2.18. The van der Waals surface area contributed by atoms with E-state index in [1.165, 1.54) is 18.3 Å². The van der Waals surface area contributed by atoms with Crippen LogP contribution in [0.1, 0.15) is 42.6 Å². The maximum atomic E-state index is 12.3. The summed E-state index contributed by atoms with van der Waals surface area (Å²) in [5.74, 6) is 0.0689. The minimum atomic E-state index is -0.274. The molecule has 0 aliphatic carbocycles. The quantitative estimate of drug-likeness (QED) is 0.758. The van der Waals surface area contributed by atoms with E-state index >= 15 is 0 Å². The molecule has 6 nitrogen and oxygen atoms in total. The molecule has 0 saturated carbocycles. The first kappa shape index (κ1) is 19.2. The first-order valence-electron chi connectivity index (χ1n) is 8.43. The fourth-order valence-corrected chi connectivity index (χ4v) is 3.50. The van der Waals surface area contributed by atoms with Crippen LogP contribution in [0.3, 0.4) is 0 Å². The van der Waals surface area contributed by atoms with Crippen molar-refractivity contribution in [1.82, 2.24) is 20.4 Å². The summed E-state index contributed by atoms with van der Waals surface area (Å²) in [4.78, 5) is 24.7. The van der Waals surface area contributed by atoms with Crippen molar-refractivity contribution in [2.75, 3.05) is 6.54 Å². The normalized spacial score (nSPS) is 13.3. The Hall–Kier alpha value is -2.15. The van der Waals surface area contributed by atoms with Crippen molar-refractivity contribution in [3.63, 3.8) is 0 Å². The average Bonchev–Trinajstić information content (AvgIpc) is 3.14. The predicted molar refractivity (Wildman–Crippen MR) is 99.4 cm³/mol. The maximum absolute atomic E-state index is 12.3. The molecule has 136 valence electrons. The molecule has 2 N–H and O–H groups in total. The van der Waals surface area contributed by atoms with E-state index in [1.807, 2.05) is 42.1 Å². The van der Waals surface area contributed by atoms with Crippen LogP contribution >= 0.6 is 11.3 Å². The molecule has 0 spiro atoms. The first-order chi connectivity index (χ1) is 11.8. The molecule has 0 fully saturated rings. The van der Waals surface area contributed by atoms with E-state index < -0.39 is 0 Å². The molecule has 2 aromatic rings. The summed E-state index contributed by atoms with van der Waals surface area (Å²) in [5, 5.41) is 12.2. The number of nitrogens with one attached hydrogen (secondary N) is 2. The number of thiophene rings is 1. The highest BCUT2D eigenvalue weighted by molar-refractivity contribution is 7.10. The second kappa shape index (κ2) is 8.80. The summed E-state index contributed by atoms with van der Waals surface area (Å²) in [5.41, 5.74) is 2.13. The van der Waals surface area contributed by atoms with Crippen LogP contribution in [0, 0.1) is 19.8 Å². The van der Waals surface area contributed by atoms with E-state index in [-0.39, 0.29) is 30.2 Å². The SMILES string of the molecule is CC(=O)NC(CC(=O)NCC(C)Cn1nc(C)cc1C)c1cccs1. The highest BCUT2D eigenvalue weighted by atomic mass is 32.1. The van der Waals surface area contributed by atoms with Gasteiger partial charge in [0.2, 0.25) is 11.8 Å². The van der Waals surface area contributed by atoms with Crippen LogP contribution in [0.25, 0.3) is 0 Å². The van der Waals surface area contributed by atoms with E-state index in [9.17, 15) is 9.59 Å². The number of carbonyl (C=O) groups is 2. The number of hydrogen-bond acceptors (Lipinski definition) is 4. The van der Waals surface area contributed by atoms with Crippen molar-refractivity contribution in [2.45, 2.75) is 46.7 Å². The molecule has 0 aliphatic heterocycles. The van der Waals surface area contributed by atoms with Gasteiger partial charge in [0.15, 0.2) is 0 Å². The van der Waals surface area contributed by atoms with Crippen molar-refractivity contribution >= 4 is 23.2 Å². The Bertz CT molecular complexity index is 709. The monoisotopic (exact) mass is 362 g/mol. The molecule has 2 atom stereocenters. The highest BCUT2D eigenvalue weighted by Crippen LogP contribution is 2.22. The van der Waals surface area contributed by atoms with Gasteiger partial charge >= 0.3 is 0 Å². The van der Waals surface area contributed by atoms with Crippen LogP contribution in [0.5, 0.6) is 0 Å². The van der Waals surface area contributed by atoms with E-state index in [1.54, 1.807) is 0 Å². The molecular formula is C18H26N4O2S. The van der Waals surface area contributed by atoms with Gasteiger partial charge in [-0.05, 0) is 37.3 Å². The van der Waals surface area contributed by atoms with Crippen LogP contribution in [0.4, 0.5) is 0 Å². The van der Waals surface area contributed by atoms with Gasteiger partial charge in [-0.15, -0.1) is 11.3 Å². The van der Waals surface area contributed by atoms with E-state index in [2.05, 4.69) is 22.7 Å². The Labute approximate surface area is 152 Å². The van der Waals surface area contributed by atoms with Crippen LogP contribution in [-0.2, 0) is 16.1 Å². The van der Waals surface area contributed by atoms with Gasteiger partial charge in [0.25, 0.3) is 0 Å². The zero-order chi connectivity index (χ0) is 18.4. The minimum Gasteiger partial charge on any atom is -0.356 e. The van der Waals surface area contributed by atoms with Crippen molar-refractivity contribution < 1.29 is 9.59 Å². The van der Waals surface area contributed by atoms with Gasteiger partial charge in [0.05, 0.1) is 18.2 Å². The molecule has 7 heteroatoms. The third-order valence-electron chi connectivity index (χ3n) is 3.89. The summed E-state index contributed by atoms with van der Waals surface area (Å²) >= 11 is 1.54. The second-order valence-corrected chi connectivity index (χ2v) is 7.47. The molecular weight excluding hydrogens is 336 g/mol. The minimum absolute atomic E-state index is 0.0626. The lowest BCUT2D eigenvalue weighted by atomic mass is 10.1. The molecule has 0 aromatic carbocycles. The van der Waals surface area contributed by atoms with Crippen molar-refractivity contribution in [2.24, 2.45) is 5.92 Å². The third kappa shape index (κ3) is 6.01. The molecule has 25 heavy (non-hydrogen) atoms. The molecule has 2 rings (SSSR count). The van der Waals surface area contributed by atoms with Gasteiger partial charge in [0.1, 0.15) is 0 Å². The molecule has 2 aromatic heterocycles. The maximum Gasteiger partial charge on any atom is 0.222 e. The smallest absolute Gasteiger partial charge is 0.222 e. The standard InChI is InChI=1S/C18H26N4O2S/c1-12(11-22-14(3)8-13(2)21-22)10-19-18(24)9-16(20-15(4)23)17-6-5-7-25-17/h5-8,12,16H,9-11H2,1-4H3,(H,19,24)(H,20,23). The second-order valence-electron chi connectivity index (χ2n) is 6.49. The molecule has 2 unspecified atom stereocenters. The number of carbonyl (C=O) groups excluding carboxylic acids is 2. The molecule has 0 aliphatic rings. The van der Waals surface area contributed by atoms with Crippen LogP contribution in [-0.4, -0.2) is 28.1 Å². The molecule has 2 amide bonds. The topological polar surface area (TPSA) is 76.0 Å². The van der Waals surface area contributed by atoms with Crippen molar-refractivity contribution in [3.8, 4) is 0 Å². The van der Waals surface area contributed by atoms with Crippen LogP contribution < -0.4 is 10.6 Å². The van der Waals surface area contributed by atoms with Crippen molar-refractivity contribution in [1.29, 1.82) is 0 Å². The lowest BCUT2D eigenvalue weighted by Crippen LogP contribution is -2.34. The van der Waals surface area contributed by atoms with Gasteiger partial charge in [0, 0.05) is 30.6 Å². The number of hydrogen-bond donors (Lipinski definition) is 2. The number of aromatic nitrogens is 2. The molecule has 2 heterocycles. The summed E-state index contributed by atoms with van der Waals surface area (Å²) < 4.78 is 1.97. The van der Waals surface area contributed by atoms with E-state index in [4.69, 9.17) is 0 Å². The lowest BCUT2D eigenvalue weighted by Gasteiger charge is -2.18. The van der Waals surface area contributed by atoms with Gasteiger partial charge in [-0.2, -0.15) is 5.10 Å². The van der Waals surface area contributed by atoms with Gasteiger partial charge in [-0.25, -0.2) is 0 Å². The Morgan fingerprint density at radius 2 is 2.12 bits per heavy atom. The van der Waals surface area contributed by atoms with E-state index in [0.29, 0.717) is 6.54 Å². The number of rotatable bonds is 8. The number of nitrogens with zero attached hydrogens (tertiary/aromatic N) is 2. The summed E-state index contributed by atoms with van der Waals surface area (Å²) in [6.45, 7) is 8.90. The van der Waals surface area contributed by atoms with Crippen LogP contribution in [0.2, 0.25) is 0 Å². The third-order valence-corrected chi connectivity index (χ3v) is 4.88. The molecule has 0 radical (unpaired) electrons. The fraction of sp³-hybridized carbons (Fsp3) is 0.500. The fourth-order valence-electron chi connectivity index (χ4n) is 2.72. The van der Waals surface area contributed by atoms with Crippen molar-refractivity contribution in [3.05, 3.63) is 39.8 Å². The average molecular weight is 362 g/mol. The number of aryl methyl sites for hydroxylation is 2. The van der Waals surface area contributed by atoms with E-state index in [0.717, 1.165) is 22.8 Å². The molecule has 0 saturated heterocycles. The first-order valence-corrected chi connectivity index (χ1v) is 9.31. The predicted octanol–water partition coefficient (Wildman–Crippen LogP) is 2.58. The molecule has 0 bridgehead atoms. The largest absolute Gasteiger partial charge is 0.356 e. The van der Waals surface area contributed by atoms with Gasteiger partial charge in [-0.1, -0.05) is 13.0 Å². The number of amides is 2. The Morgan fingerprint density at radius 3 is 2.68 bits per heavy atom. The summed E-state index contributed by atoms with van der Waals surface area (Å²) in [7, 11) is 0. The zero-order valence-electron chi connectivity index (χ0n) is 15.2. The Morgan fingerprint density at radius 1 is 1.36 bits per heavy atom. The summed E-state index contributed by atoms with van der Waals surface area (Å²) in [6, 6.07) is 5.63.